The number of anilines is 2. The largest absolute Gasteiger partial charge is 0.453 e. The number of benzene rings is 2. The summed E-state index contributed by atoms with van der Waals surface area (Å²) in [4.78, 5) is 25.1. The number of carbonyl (C=O) groups excluding carboxylic acids is 2. The Balaban J connectivity index is 1.60. The van der Waals surface area contributed by atoms with Crippen molar-refractivity contribution in [3.8, 4) is 0 Å². The van der Waals surface area contributed by atoms with Crippen LogP contribution in [-0.4, -0.2) is 35.6 Å². The molecule has 1 aromatic heterocycles. The van der Waals surface area contributed by atoms with Crippen LogP contribution >= 0.6 is 11.5 Å². The fraction of sp³-hybridized carbons (Fsp3) is 0.167. The lowest BCUT2D eigenvalue weighted by Gasteiger charge is -2.15. The second-order valence-corrected chi connectivity index (χ2v) is 6.40. The molecule has 134 valence electrons. The van der Waals surface area contributed by atoms with Crippen molar-refractivity contribution >= 4 is 45.2 Å². The molecule has 0 aliphatic rings. The van der Waals surface area contributed by atoms with Gasteiger partial charge in [-0.15, -0.1) is 0 Å². The van der Waals surface area contributed by atoms with E-state index in [1.54, 1.807) is 19.2 Å². The number of fused-ring (bicyclic) bond motifs is 1. The van der Waals surface area contributed by atoms with Gasteiger partial charge in [0.2, 0.25) is 0 Å². The average Bonchev–Trinajstić information content (AvgIpc) is 3.05. The van der Waals surface area contributed by atoms with Crippen molar-refractivity contribution in [2.24, 2.45) is 0 Å². The van der Waals surface area contributed by atoms with E-state index in [4.69, 9.17) is 0 Å². The van der Waals surface area contributed by atoms with Gasteiger partial charge in [0, 0.05) is 24.7 Å². The third-order valence-electron chi connectivity index (χ3n) is 3.73. The number of urea groups is 1. The van der Waals surface area contributed by atoms with Crippen molar-refractivity contribution in [1.82, 2.24) is 9.27 Å². The van der Waals surface area contributed by atoms with Crippen molar-refractivity contribution in [2.75, 3.05) is 24.8 Å². The number of hydrogen-bond acceptors (Lipinski definition) is 5. The van der Waals surface area contributed by atoms with Crippen molar-refractivity contribution in [3.05, 3.63) is 54.1 Å². The lowest BCUT2D eigenvalue weighted by molar-refractivity contribution is 0.131. The highest BCUT2D eigenvalue weighted by Crippen LogP contribution is 2.27. The topological polar surface area (TPSA) is 83.6 Å². The van der Waals surface area contributed by atoms with Gasteiger partial charge in [0.15, 0.2) is 0 Å². The zero-order valence-electron chi connectivity index (χ0n) is 14.4. The summed E-state index contributed by atoms with van der Waals surface area (Å²) in [6.07, 6.45) is -0.400. The molecule has 0 radical (unpaired) electrons. The minimum atomic E-state index is -0.400. The average molecular weight is 370 g/mol. The highest BCUT2D eigenvalue weighted by Gasteiger charge is 2.10. The van der Waals surface area contributed by atoms with Crippen molar-refractivity contribution < 1.29 is 14.3 Å². The molecule has 0 aliphatic carbocycles. The van der Waals surface area contributed by atoms with Crippen molar-refractivity contribution in [1.29, 1.82) is 0 Å². The number of amides is 3. The first-order valence-electron chi connectivity index (χ1n) is 7.87. The predicted octanol–water partition coefficient (Wildman–Crippen LogP) is 4.14. The lowest BCUT2D eigenvalue weighted by atomic mass is 10.2. The third-order valence-corrected chi connectivity index (χ3v) is 4.52. The van der Waals surface area contributed by atoms with Crippen LogP contribution in [-0.2, 0) is 11.3 Å². The van der Waals surface area contributed by atoms with Crippen LogP contribution in [0.15, 0.2) is 48.5 Å². The summed E-state index contributed by atoms with van der Waals surface area (Å²) < 4.78 is 8.95. The van der Waals surface area contributed by atoms with Crippen LogP contribution in [0.4, 0.5) is 20.3 Å². The molecule has 2 aromatic carbocycles. The van der Waals surface area contributed by atoms with Gasteiger partial charge in [0.25, 0.3) is 0 Å². The molecular formula is C18H18N4O3S. The molecule has 0 spiro atoms. The Morgan fingerprint density at radius 3 is 2.58 bits per heavy atom. The minimum Gasteiger partial charge on any atom is -0.453 e. The maximum Gasteiger partial charge on any atom is 0.409 e. The van der Waals surface area contributed by atoms with E-state index in [1.807, 2.05) is 36.4 Å². The van der Waals surface area contributed by atoms with Crippen LogP contribution in [0.1, 0.15) is 5.56 Å². The second kappa shape index (κ2) is 7.83. The third kappa shape index (κ3) is 4.09. The Morgan fingerprint density at radius 1 is 1.12 bits per heavy atom. The Labute approximate surface area is 154 Å². The van der Waals surface area contributed by atoms with Crippen LogP contribution < -0.4 is 10.6 Å². The first-order valence-corrected chi connectivity index (χ1v) is 8.64. The lowest BCUT2D eigenvalue weighted by Crippen LogP contribution is -2.25. The molecule has 0 saturated heterocycles. The molecule has 0 aliphatic heterocycles. The highest BCUT2D eigenvalue weighted by molar-refractivity contribution is 7.12. The summed E-state index contributed by atoms with van der Waals surface area (Å²) in [7, 11) is 3.00. The van der Waals surface area contributed by atoms with E-state index in [1.165, 1.54) is 23.5 Å². The summed E-state index contributed by atoms with van der Waals surface area (Å²) in [5.74, 6) is 0. The van der Waals surface area contributed by atoms with Crippen molar-refractivity contribution in [2.45, 2.75) is 6.54 Å². The molecule has 0 bridgehead atoms. The fourth-order valence-electron chi connectivity index (χ4n) is 2.43. The number of rotatable bonds is 4. The number of methoxy groups -OCH3 is 1. The van der Waals surface area contributed by atoms with Crippen LogP contribution in [0, 0.1) is 0 Å². The summed E-state index contributed by atoms with van der Waals surface area (Å²) in [5, 5.41) is 7.22. The minimum absolute atomic E-state index is 0.334. The first kappa shape index (κ1) is 17.7. The Hall–Kier alpha value is -3.13. The smallest absolute Gasteiger partial charge is 0.409 e. The van der Waals surface area contributed by atoms with Gasteiger partial charge in [0.1, 0.15) is 5.00 Å². The Bertz CT molecular complexity index is 924. The normalized spacial score (nSPS) is 10.4. The van der Waals surface area contributed by atoms with E-state index in [2.05, 4.69) is 19.7 Å². The number of nitrogens with one attached hydrogen (secondary N) is 2. The molecule has 3 aromatic rings. The maximum absolute atomic E-state index is 12.2. The molecule has 0 saturated carbocycles. The molecule has 8 heteroatoms. The number of ether oxygens (including phenoxy) is 1. The van der Waals surface area contributed by atoms with Crippen LogP contribution in [0.5, 0.6) is 0 Å². The van der Waals surface area contributed by atoms with E-state index < -0.39 is 6.09 Å². The van der Waals surface area contributed by atoms with Gasteiger partial charge in [-0.1, -0.05) is 24.3 Å². The van der Waals surface area contributed by atoms with Gasteiger partial charge in [0.05, 0.1) is 12.6 Å². The highest BCUT2D eigenvalue weighted by atomic mass is 32.1. The van der Waals surface area contributed by atoms with Gasteiger partial charge in [-0.3, -0.25) is 5.32 Å². The summed E-state index contributed by atoms with van der Waals surface area (Å²) in [6, 6.07) is 14.6. The summed E-state index contributed by atoms with van der Waals surface area (Å²) >= 11 is 1.24. The zero-order chi connectivity index (χ0) is 18.5. The van der Waals surface area contributed by atoms with Gasteiger partial charge in [-0.25, -0.2) is 9.59 Å². The fourth-order valence-corrected chi connectivity index (χ4v) is 3.19. The molecule has 0 unspecified atom stereocenters. The van der Waals surface area contributed by atoms with E-state index in [-0.39, 0.29) is 6.03 Å². The number of carbonyl (C=O) groups is 2. The van der Waals surface area contributed by atoms with Crippen molar-refractivity contribution in [3.63, 3.8) is 0 Å². The molecule has 1 heterocycles. The molecule has 26 heavy (non-hydrogen) atoms. The first-order chi connectivity index (χ1) is 12.6. The molecule has 2 N–H and O–H groups in total. The van der Waals surface area contributed by atoms with Gasteiger partial charge in [-0.2, -0.15) is 4.37 Å². The number of hydrogen-bond donors (Lipinski definition) is 2. The van der Waals surface area contributed by atoms with Crippen LogP contribution in [0.25, 0.3) is 10.9 Å². The van der Waals surface area contributed by atoms with Gasteiger partial charge < -0.3 is 15.0 Å². The van der Waals surface area contributed by atoms with E-state index >= 15 is 0 Å². The molecular weight excluding hydrogens is 352 g/mol. The molecule has 0 fully saturated rings. The van der Waals surface area contributed by atoms with Gasteiger partial charge >= 0.3 is 12.1 Å². The number of nitrogens with zero attached hydrogens (tertiary/aromatic N) is 2. The van der Waals surface area contributed by atoms with Crippen LogP contribution in [0.3, 0.4) is 0 Å². The molecule has 3 amide bonds. The molecule has 3 rings (SSSR count). The zero-order valence-corrected chi connectivity index (χ0v) is 15.2. The predicted molar refractivity (Wildman–Crippen MR) is 103 cm³/mol. The Kier molecular flexibility index (Phi) is 5.33. The number of aromatic nitrogens is 1. The van der Waals surface area contributed by atoms with Crippen LogP contribution in [0.2, 0.25) is 0 Å². The summed E-state index contributed by atoms with van der Waals surface area (Å²) in [6.45, 7) is 0.423. The summed E-state index contributed by atoms with van der Waals surface area (Å²) in [5.41, 5.74) is 2.44. The maximum atomic E-state index is 12.2. The molecule has 7 nitrogen and oxygen atoms in total. The van der Waals surface area contributed by atoms with Gasteiger partial charge in [-0.05, 0) is 41.4 Å². The van der Waals surface area contributed by atoms with E-state index in [9.17, 15) is 9.59 Å². The van der Waals surface area contributed by atoms with E-state index in [0.29, 0.717) is 17.2 Å². The van der Waals surface area contributed by atoms with E-state index in [0.717, 1.165) is 16.5 Å². The SMILES string of the molecule is COC(=O)N(C)Cc1ccc(NC(=O)Nc2snc3ccccc23)cc1. The Morgan fingerprint density at radius 2 is 1.85 bits per heavy atom. The standard InChI is InChI=1S/C18H18N4O3S/c1-22(18(24)25-2)11-12-7-9-13(10-8-12)19-17(23)20-16-14-5-3-4-6-15(14)21-26-16/h3-10H,11H2,1-2H3,(H2,19,20,23). The second-order valence-electron chi connectivity index (χ2n) is 5.63. The molecule has 0 atom stereocenters. The monoisotopic (exact) mass is 370 g/mol. The quantitative estimate of drug-likeness (QED) is 0.723.